The molecule has 0 bridgehead atoms. The number of rotatable bonds is 3. The maximum atomic E-state index is 5.57. The van der Waals surface area contributed by atoms with Crippen molar-refractivity contribution in [1.82, 2.24) is 0 Å². The van der Waals surface area contributed by atoms with Gasteiger partial charge in [-0.25, -0.2) is 0 Å². The van der Waals surface area contributed by atoms with Crippen LogP contribution in [0.15, 0.2) is 36.0 Å². The van der Waals surface area contributed by atoms with Crippen molar-refractivity contribution in [3.8, 4) is 0 Å². The average Bonchev–Trinajstić information content (AvgIpc) is 2.05. The molecule has 3 heteroatoms. The Morgan fingerprint density at radius 2 is 1.83 bits per heavy atom. The Hall–Kier alpha value is -0.243. The molecule has 0 aliphatic carbocycles. The number of hydrogen-bond donors (Lipinski definition) is 0. The molecular weight excluding hydrogens is 207 g/mol. The summed E-state index contributed by atoms with van der Waals surface area (Å²) in [6.07, 6.45) is 2.02. The maximum Gasteiger partial charge on any atom is 0.114 e. The van der Waals surface area contributed by atoms with Crippen LogP contribution >= 0.6 is 23.2 Å². The van der Waals surface area contributed by atoms with Crippen LogP contribution in [0.25, 0.3) is 6.08 Å². The van der Waals surface area contributed by atoms with E-state index < -0.39 is 0 Å². The lowest BCUT2D eigenvalue weighted by atomic mass is 10.2. The molecule has 0 saturated heterocycles. The summed E-state index contributed by atoms with van der Waals surface area (Å²) in [4.78, 5) is 0. The van der Waals surface area contributed by atoms with E-state index in [1.807, 2.05) is 42.1 Å². The van der Waals surface area contributed by atoms with Gasteiger partial charge in [0.15, 0.2) is 0 Å². The van der Waals surface area contributed by atoms with Gasteiger partial charge in [0.1, 0.15) is 9.52 Å². The van der Waals surface area contributed by atoms with Gasteiger partial charge in [-0.3, -0.25) is 0 Å². The zero-order chi connectivity index (χ0) is 8.81. The average molecular weight is 215 g/mol. The Balaban J connectivity index is 2.47. The Labute approximate surface area is 85.0 Å². The molecule has 0 aromatic heterocycles. The van der Waals surface area contributed by atoms with E-state index in [1.165, 1.54) is 5.56 Å². The molecule has 0 unspecified atom stereocenters. The molecule has 0 N–H and O–H groups in total. The highest BCUT2D eigenvalue weighted by molar-refractivity contribution is 6.71. The Bertz CT molecular complexity index is 244. The fourth-order valence-corrected chi connectivity index (χ4v) is 1.65. The summed E-state index contributed by atoms with van der Waals surface area (Å²) in [6, 6.07) is 10.1. The number of halogens is 2. The van der Waals surface area contributed by atoms with Crippen molar-refractivity contribution >= 4 is 38.8 Å². The van der Waals surface area contributed by atoms with Gasteiger partial charge in [-0.05, 0) is 5.56 Å². The van der Waals surface area contributed by atoms with Crippen molar-refractivity contribution in [3.05, 3.63) is 41.6 Å². The SMILES string of the molecule is ClC(Cl)[Si]C=Cc1ccccc1. The minimum atomic E-state index is -0.273. The van der Waals surface area contributed by atoms with Crippen molar-refractivity contribution in [2.45, 2.75) is 4.46 Å². The van der Waals surface area contributed by atoms with Gasteiger partial charge in [0.25, 0.3) is 0 Å². The fourth-order valence-electron chi connectivity index (χ4n) is 0.781. The summed E-state index contributed by atoms with van der Waals surface area (Å²) in [6.45, 7) is 0. The predicted molar refractivity (Wildman–Crippen MR) is 56.7 cm³/mol. The quantitative estimate of drug-likeness (QED) is 0.536. The third-order valence-corrected chi connectivity index (χ3v) is 2.66. The molecule has 0 aliphatic rings. The summed E-state index contributed by atoms with van der Waals surface area (Å²) < 4.78 is -0.273. The summed E-state index contributed by atoms with van der Waals surface area (Å²) in [5, 5.41) is 0. The molecule has 0 nitrogen and oxygen atoms in total. The minimum absolute atomic E-state index is 0.273. The molecule has 0 fully saturated rings. The molecule has 0 heterocycles. The van der Waals surface area contributed by atoms with Crippen LogP contribution in [0.5, 0.6) is 0 Å². The lowest BCUT2D eigenvalue weighted by Crippen LogP contribution is -1.95. The molecule has 0 spiro atoms. The van der Waals surface area contributed by atoms with E-state index >= 15 is 0 Å². The van der Waals surface area contributed by atoms with E-state index in [4.69, 9.17) is 23.2 Å². The first kappa shape index (κ1) is 9.84. The molecule has 62 valence electrons. The van der Waals surface area contributed by atoms with Crippen molar-refractivity contribution in [3.63, 3.8) is 0 Å². The topological polar surface area (TPSA) is 0 Å². The molecule has 1 rings (SSSR count). The van der Waals surface area contributed by atoms with Crippen LogP contribution in [0.4, 0.5) is 0 Å². The molecular formula is C9H8Cl2Si. The van der Waals surface area contributed by atoms with Crippen LogP contribution in [0, 0.1) is 0 Å². The summed E-state index contributed by atoms with van der Waals surface area (Å²) in [7, 11) is 0.464. The molecule has 0 aliphatic heterocycles. The third kappa shape index (κ3) is 3.95. The standard InChI is InChI=1S/C9H8Cl2Si/c10-9(11)12-7-6-8-4-2-1-3-5-8/h1-7,9H. The second kappa shape index (κ2) is 5.41. The zero-order valence-electron chi connectivity index (χ0n) is 6.37. The van der Waals surface area contributed by atoms with Crippen molar-refractivity contribution in [2.24, 2.45) is 0 Å². The number of alkyl halides is 2. The first-order valence-electron chi connectivity index (χ1n) is 3.55. The van der Waals surface area contributed by atoms with Crippen molar-refractivity contribution < 1.29 is 0 Å². The Morgan fingerprint density at radius 3 is 2.42 bits per heavy atom. The van der Waals surface area contributed by atoms with Gasteiger partial charge in [-0.15, -0.1) is 23.2 Å². The van der Waals surface area contributed by atoms with Gasteiger partial charge < -0.3 is 0 Å². The molecule has 1 aromatic carbocycles. The Morgan fingerprint density at radius 1 is 1.17 bits per heavy atom. The Kier molecular flexibility index (Phi) is 4.44. The highest BCUT2D eigenvalue weighted by atomic mass is 35.5. The second-order valence-corrected chi connectivity index (χ2v) is 5.28. The number of hydrogen-bond acceptors (Lipinski definition) is 0. The molecule has 2 radical (unpaired) electrons. The van der Waals surface area contributed by atoms with Gasteiger partial charge in [-0.2, -0.15) is 0 Å². The molecule has 0 atom stereocenters. The lowest BCUT2D eigenvalue weighted by molar-refractivity contribution is 1.66. The normalized spacial score (nSPS) is 11.2. The van der Waals surface area contributed by atoms with E-state index in [0.717, 1.165) is 0 Å². The van der Waals surface area contributed by atoms with E-state index in [0.29, 0.717) is 9.52 Å². The maximum absolute atomic E-state index is 5.57. The smallest absolute Gasteiger partial charge is 0.110 e. The van der Waals surface area contributed by atoms with E-state index in [9.17, 15) is 0 Å². The van der Waals surface area contributed by atoms with Crippen LogP contribution in [0.2, 0.25) is 0 Å². The van der Waals surface area contributed by atoms with Crippen LogP contribution in [-0.2, 0) is 0 Å². The molecule has 1 aromatic rings. The molecule has 0 saturated carbocycles. The largest absolute Gasteiger partial charge is 0.114 e. The van der Waals surface area contributed by atoms with Crippen LogP contribution in [0.1, 0.15) is 5.56 Å². The molecule has 12 heavy (non-hydrogen) atoms. The zero-order valence-corrected chi connectivity index (χ0v) is 8.89. The minimum Gasteiger partial charge on any atom is -0.110 e. The first-order chi connectivity index (χ1) is 5.79. The van der Waals surface area contributed by atoms with Crippen LogP contribution in [0.3, 0.4) is 0 Å². The second-order valence-electron chi connectivity index (χ2n) is 2.21. The summed E-state index contributed by atoms with van der Waals surface area (Å²) >= 11 is 11.1. The highest BCUT2D eigenvalue weighted by Gasteiger charge is 1.94. The van der Waals surface area contributed by atoms with Gasteiger partial charge in [0.05, 0.1) is 4.46 Å². The van der Waals surface area contributed by atoms with E-state index in [-0.39, 0.29) is 4.46 Å². The van der Waals surface area contributed by atoms with Gasteiger partial charge >= 0.3 is 0 Å². The lowest BCUT2D eigenvalue weighted by Gasteiger charge is -1.92. The van der Waals surface area contributed by atoms with Crippen molar-refractivity contribution in [1.29, 1.82) is 0 Å². The fraction of sp³-hybridized carbons (Fsp3) is 0.111. The summed E-state index contributed by atoms with van der Waals surface area (Å²) in [5.74, 6) is 0. The highest BCUT2D eigenvalue weighted by Crippen LogP contribution is 2.03. The first-order valence-corrected chi connectivity index (χ1v) is 5.57. The predicted octanol–water partition coefficient (Wildman–Crippen LogP) is 3.12. The monoisotopic (exact) mass is 214 g/mol. The third-order valence-electron chi connectivity index (χ3n) is 1.30. The number of benzene rings is 1. The molecule has 0 amide bonds. The van der Waals surface area contributed by atoms with Crippen LogP contribution in [-0.4, -0.2) is 14.0 Å². The van der Waals surface area contributed by atoms with Crippen molar-refractivity contribution in [2.75, 3.05) is 0 Å². The van der Waals surface area contributed by atoms with Crippen LogP contribution < -0.4 is 0 Å². The van der Waals surface area contributed by atoms with Gasteiger partial charge in [0, 0.05) is 0 Å². The van der Waals surface area contributed by atoms with E-state index in [2.05, 4.69) is 0 Å². The van der Waals surface area contributed by atoms with Gasteiger partial charge in [0.2, 0.25) is 0 Å². The summed E-state index contributed by atoms with van der Waals surface area (Å²) in [5.41, 5.74) is 3.18. The van der Waals surface area contributed by atoms with E-state index in [1.54, 1.807) is 0 Å². The van der Waals surface area contributed by atoms with Gasteiger partial charge in [-0.1, -0.05) is 42.1 Å².